The fourth-order valence-electron chi connectivity index (χ4n) is 3.53. The van der Waals surface area contributed by atoms with Gasteiger partial charge < -0.3 is 9.30 Å². The van der Waals surface area contributed by atoms with Gasteiger partial charge in [0.2, 0.25) is 0 Å². The van der Waals surface area contributed by atoms with Gasteiger partial charge in [-0.1, -0.05) is 37.3 Å². The lowest BCUT2D eigenvalue weighted by Crippen LogP contribution is -2.09. The number of rotatable bonds is 5. The number of fused-ring (bicyclic) bond motifs is 1. The first-order valence-electron chi connectivity index (χ1n) is 8.81. The van der Waals surface area contributed by atoms with E-state index in [4.69, 9.17) is 9.72 Å². The van der Waals surface area contributed by atoms with E-state index in [1.54, 1.807) is 7.11 Å². The van der Waals surface area contributed by atoms with Gasteiger partial charge in [0.05, 0.1) is 25.0 Å². The normalized spacial score (nSPS) is 12.2. The smallest absolute Gasteiger partial charge is 0.118 e. The molecular weight excluding hydrogens is 322 g/mol. The molecule has 0 amide bonds. The highest BCUT2D eigenvalue weighted by molar-refractivity contribution is 5.96. The van der Waals surface area contributed by atoms with Crippen molar-refractivity contribution in [2.45, 2.75) is 19.4 Å². The summed E-state index contributed by atoms with van der Waals surface area (Å²) >= 11 is 0. The minimum Gasteiger partial charge on any atom is -0.497 e. The van der Waals surface area contributed by atoms with Gasteiger partial charge in [0.25, 0.3) is 0 Å². The molecule has 0 aliphatic carbocycles. The van der Waals surface area contributed by atoms with Crippen LogP contribution in [-0.4, -0.2) is 21.6 Å². The second-order valence-corrected chi connectivity index (χ2v) is 6.26. The maximum Gasteiger partial charge on any atom is 0.118 e. The van der Waals surface area contributed by atoms with E-state index >= 15 is 0 Å². The van der Waals surface area contributed by atoms with Gasteiger partial charge in [0, 0.05) is 29.5 Å². The molecule has 4 aromatic rings. The SMILES string of the molecule is CCC(c1ccc(-c2ccc(OC)cc2)c2cccnc12)n1ccnc1. The number of aromatic nitrogens is 3. The van der Waals surface area contributed by atoms with Crippen LogP contribution in [0.1, 0.15) is 24.9 Å². The summed E-state index contributed by atoms with van der Waals surface area (Å²) in [7, 11) is 1.68. The zero-order valence-electron chi connectivity index (χ0n) is 15.0. The monoisotopic (exact) mass is 343 g/mol. The summed E-state index contributed by atoms with van der Waals surface area (Å²) in [6, 6.07) is 16.9. The number of hydrogen-bond acceptors (Lipinski definition) is 3. The van der Waals surface area contributed by atoms with Crippen molar-refractivity contribution >= 4 is 10.9 Å². The lowest BCUT2D eigenvalue weighted by Gasteiger charge is -2.20. The molecule has 0 saturated heterocycles. The maximum absolute atomic E-state index is 5.28. The molecule has 1 atom stereocenters. The Morgan fingerprint density at radius 3 is 2.58 bits per heavy atom. The van der Waals surface area contributed by atoms with Crippen LogP contribution in [0.5, 0.6) is 5.75 Å². The molecule has 2 heterocycles. The first kappa shape index (κ1) is 16.3. The van der Waals surface area contributed by atoms with Crippen LogP contribution in [-0.2, 0) is 0 Å². The molecule has 2 aromatic heterocycles. The summed E-state index contributed by atoms with van der Waals surface area (Å²) in [5.41, 5.74) is 4.60. The van der Waals surface area contributed by atoms with Gasteiger partial charge in [0.15, 0.2) is 0 Å². The van der Waals surface area contributed by atoms with Gasteiger partial charge in [-0.2, -0.15) is 0 Å². The predicted molar refractivity (Wildman–Crippen MR) is 104 cm³/mol. The van der Waals surface area contributed by atoms with Crippen LogP contribution in [0.2, 0.25) is 0 Å². The van der Waals surface area contributed by atoms with E-state index in [0.717, 1.165) is 28.6 Å². The quantitative estimate of drug-likeness (QED) is 0.506. The Morgan fingerprint density at radius 1 is 1.04 bits per heavy atom. The van der Waals surface area contributed by atoms with Crippen molar-refractivity contribution in [1.29, 1.82) is 0 Å². The first-order valence-corrected chi connectivity index (χ1v) is 8.81. The summed E-state index contributed by atoms with van der Waals surface area (Å²) in [6.45, 7) is 2.19. The fourth-order valence-corrected chi connectivity index (χ4v) is 3.53. The van der Waals surface area contributed by atoms with Crippen LogP contribution in [0, 0.1) is 0 Å². The van der Waals surface area contributed by atoms with Crippen LogP contribution in [0.4, 0.5) is 0 Å². The molecule has 4 nitrogen and oxygen atoms in total. The Bertz CT molecular complexity index is 1010. The van der Waals surface area contributed by atoms with Crippen LogP contribution >= 0.6 is 0 Å². The van der Waals surface area contributed by atoms with Gasteiger partial charge in [-0.25, -0.2) is 4.98 Å². The van der Waals surface area contributed by atoms with Gasteiger partial charge in [-0.3, -0.25) is 4.98 Å². The predicted octanol–water partition coefficient (Wildman–Crippen LogP) is 5.11. The van der Waals surface area contributed by atoms with Crippen LogP contribution in [0.25, 0.3) is 22.0 Å². The third-order valence-electron chi connectivity index (χ3n) is 4.83. The van der Waals surface area contributed by atoms with Gasteiger partial charge in [-0.15, -0.1) is 0 Å². The Balaban J connectivity index is 1.88. The van der Waals surface area contributed by atoms with E-state index < -0.39 is 0 Å². The number of ether oxygens (including phenoxy) is 1. The maximum atomic E-state index is 5.28. The van der Waals surface area contributed by atoms with E-state index in [-0.39, 0.29) is 6.04 Å². The molecule has 0 aliphatic heterocycles. The van der Waals surface area contributed by atoms with Crippen molar-refractivity contribution in [3.63, 3.8) is 0 Å². The molecule has 0 fully saturated rings. The summed E-state index contributed by atoms with van der Waals surface area (Å²) in [4.78, 5) is 8.93. The third-order valence-corrected chi connectivity index (χ3v) is 4.83. The number of nitrogens with zero attached hydrogens (tertiary/aromatic N) is 3. The number of pyridine rings is 1. The number of imidazole rings is 1. The summed E-state index contributed by atoms with van der Waals surface area (Å²) in [5.74, 6) is 0.860. The van der Waals surface area contributed by atoms with E-state index in [0.29, 0.717) is 0 Å². The molecule has 0 bridgehead atoms. The highest BCUT2D eigenvalue weighted by atomic mass is 16.5. The zero-order valence-corrected chi connectivity index (χ0v) is 15.0. The van der Waals surface area contributed by atoms with Crippen LogP contribution in [0.3, 0.4) is 0 Å². The van der Waals surface area contributed by atoms with E-state index in [1.807, 2.05) is 43.1 Å². The Labute approximate surface area is 153 Å². The molecule has 0 radical (unpaired) electrons. The topological polar surface area (TPSA) is 39.9 Å². The van der Waals surface area contributed by atoms with Crippen molar-refractivity contribution in [3.05, 3.63) is 79.0 Å². The van der Waals surface area contributed by atoms with Crippen LogP contribution in [0.15, 0.2) is 73.4 Å². The second kappa shape index (κ2) is 7.00. The first-order chi connectivity index (χ1) is 12.8. The molecule has 4 rings (SSSR count). The third kappa shape index (κ3) is 2.84. The zero-order chi connectivity index (χ0) is 17.9. The van der Waals surface area contributed by atoms with E-state index in [2.05, 4.69) is 46.8 Å². The minimum atomic E-state index is 0.222. The van der Waals surface area contributed by atoms with Crippen molar-refractivity contribution in [2.75, 3.05) is 7.11 Å². The highest BCUT2D eigenvalue weighted by Gasteiger charge is 2.17. The van der Waals surface area contributed by atoms with E-state index in [1.165, 1.54) is 11.1 Å². The summed E-state index contributed by atoms with van der Waals surface area (Å²) in [5, 5.41) is 1.16. The summed E-state index contributed by atoms with van der Waals surface area (Å²) < 4.78 is 7.43. The highest BCUT2D eigenvalue weighted by Crippen LogP contribution is 2.34. The minimum absolute atomic E-state index is 0.222. The second-order valence-electron chi connectivity index (χ2n) is 6.26. The van der Waals surface area contributed by atoms with Crippen molar-refractivity contribution in [1.82, 2.24) is 14.5 Å². The van der Waals surface area contributed by atoms with Gasteiger partial charge in [0.1, 0.15) is 5.75 Å². The van der Waals surface area contributed by atoms with Crippen LogP contribution < -0.4 is 4.74 Å². The Kier molecular flexibility index (Phi) is 4.40. The molecule has 26 heavy (non-hydrogen) atoms. The molecule has 0 N–H and O–H groups in total. The largest absolute Gasteiger partial charge is 0.497 e. The molecule has 0 saturated carbocycles. The molecule has 0 spiro atoms. The summed E-state index contributed by atoms with van der Waals surface area (Å²) in [6.07, 6.45) is 8.55. The number of methoxy groups -OCH3 is 1. The average molecular weight is 343 g/mol. The van der Waals surface area contributed by atoms with Crippen molar-refractivity contribution in [2.24, 2.45) is 0 Å². The van der Waals surface area contributed by atoms with E-state index in [9.17, 15) is 0 Å². The standard InChI is InChI=1S/C22H21N3O/c1-3-21(25-14-13-23-15-25)20-11-10-18(19-5-4-12-24-22(19)20)16-6-8-17(26-2)9-7-16/h4-15,21H,3H2,1-2H3. The molecular formula is C22H21N3O. The molecule has 130 valence electrons. The fraction of sp³-hybridized carbons (Fsp3) is 0.182. The van der Waals surface area contributed by atoms with Crippen molar-refractivity contribution in [3.8, 4) is 16.9 Å². The lowest BCUT2D eigenvalue weighted by molar-refractivity contribution is 0.415. The van der Waals surface area contributed by atoms with Gasteiger partial charge in [-0.05, 0) is 35.7 Å². The Hall–Kier alpha value is -3.14. The molecule has 1 unspecified atom stereocenters. The molecule has 4 heteroatoms. The number of hydrogen-bond donors (Lipinski definition) is 0. The lowest BCUT2D eigenvalue weighted by atomic mass is 9.94. The average Bonchev–Trinajstić information content (AvgIpc) is 3.23. The van der Waals surface area contributed by atoms with Gasteiger partial charge >= 0.3 is 0 Å². The molecule has 0 aliphatic rings. The van der Waals surface area contributed by atoms with Crippen molar-refractivity contribution < 1.29 is 4.74 Å². The number of benzene rings is 2. The Morgan fingerprint density at radius 2 is 1.88 bits per heavy atom. The molecule has 2 aromatic carbocycles.